The van der Waals surface area contributed by atoms with Crippen LogP contribution in [0.3, 0.4) is 0 Å². The predicted octanol–water partition coefficient (Wildman–Crippen LogP) is 3.75. The fraction of sp³-hybridized carbons (Fsp3) is 0.267. The van der Waals surface area contributed by atoms with Gasteiger partial charge in [0.1, 0.15) is 18.7 Å². The monoisotopic (exact) mass is 636 g/mol. The lowest BCUT2D eigenvalue weighted by atomic mass is 9.99. The first-order valence-electron chi connectivity index (χ1n) is 13.9. The van der Waals surface area contributed by atoms with E-state index in [9.17, 15) is 23.6 Å². The van der Waals surface area contributed by atoms with Crippen molar-refractivity contribution in [3.8, 4) is 5.69 Å². The van der Waals surface area contributed by atoms with Gasteiger partial charge in [0, 0.05) is 49.3 Å². The van der Waals surface area contributed by atoms with E-state index < -0.39 is 23.9 Å². The lowest BCUT2D eigenvalue weighted by Crippen LogP contribution is -2.42. The van der Waals surface area contributed by atoms with Crippen molar-refractivity contribution >= 4 is 46.9 Å². The molecule has 4 aromatic rings. The van der Waals surface area contributed by atoms with E-state index in [0.29, 0.717) is 23.5 Å². The molecular formula is C30H30ClFN8O5. The van der Waals surface area contributed by atoms with Gasteiger partial charge >= 0.3 is 6.09 Å². The first-order chi connectivity index (χ1) is 21.6. The number of hydrogen-bond donors (Lipinski definition) is 2. The number of hydrogen-bond acceptors (Lipinski definition) is 9. The zero-order chi connectivity index (χ0) is 32.3. The molecule has 234 valence electrons. The van der Waals surface area contributed by atoms with Crippen LogP contribution in [0.4, 0.5) is 14.9 Å². The van der Waals surface area contributed by atoms with Crippen LogP contribution in [0.25, 0.3) is 11.8 Å². The number of carbonyl (C=O) groups excluding carboxylic acids is 4. The third-order valence-corrected chi connectivity index (χ3v) is 6.80. The third-order valence-electron chi connectivity index (χ3n) is 6.51. The number of rotatable bonds is 14. The fourth-order valence-corrected chi connectivity index (χ4v) is 4.34. The molecule has 0 aliphatic heterocycles. The fourth-order valence-electron chi connectivity index (χ4n) is 4.18. The lowest BCUT2D eigenvalue weighted by Gasteiger charge is -2.16. The van der Waals surface area contributed by atoms with Crippen LogP contribution >= 0.6 is 11.6 Å². The highest BCUT2D eigenvalue weighted by molar-refractivity contribution is 6.31. The van der Waals surface area contributed by atoms with Crippen molar-refractivity contribution in [1.82, 2.24) is 35.3 Å². The van der Waals surface area contributed by atoms with Gasteiger partial charge < -0.3 is 10.1 Å². The molecule has 0 saturated carbocycles. The molecule has 2 heterocycles. The number of ketones is 2. The molecule has 0 aliphatic carbocycles. The third kappa shape index (κ3) is 9.37. The maximum atomic E-state index is 14.9. The van der Waals surface area contributed by atoms with Crippen molar-refractivity contribution in [2.45, 2.75) is 45.7 Å². The van der Waals surface area contributed by atoms with Crippen LogP contribution in [0, 0.1) is 5.82 Å². The first-order valence-corrected chi connectivity index (χ1v) is 14.3. The minimum atomic E-state index is -0.959. The summed E-state index contributed by atoms with van der Waals surface area (Å²) in [5.74, 6) is -1.80. The molecule has 0 saturated heterocycles. The minimum Gasteiger partial charge on any atom is -0.449 e. The molecule has 2 aromatic carbocycles. The van der Waals surface area contributed by atoms with E-state index >= 15 is 0 Å². The summed E-state index contributed by atoms with van der Waals surface area (Å²) in [7, 11) is 0. The van der Waals surface area contributed by atoms with Gasteiger partial charge in [0.15, 0.2) is 11.6 Å². The van der Waals surface area contributed by atoms with Crippen LogP contribution in [-0.4, -0.2) is 66.2 Å². The van der Waals surface area contributed by atoms with E-state index in [-0.39, 0.29) is 53.7 Å². The summed E-state index contributed by atoms with van der Waals surface area (Å²) in [6, 6.07) is 10.2. The summed E-state index contributed by atoms with van der Waals surface area (Å²) < 4.78 is 22.8. The number of tetrazole rings is 1. The molecule has 2 N–H and O–H groups in total. The quantitative estimate of drug-likeness (QED) is 0.196. The Kier molecular flexibility index (Phi) is 11.2. The number of carbonyl (C=O) groups is 4. The van der Waals surface area contributed by atoms with Gasteiger partial charge in [0.05, 0.1) is 22.4 Å². The number of Topliss-reactive ketones (excluding diaryl/α,β-unsaturated/α-hetero) is 2. The highest BCUT2D eigenvalue weighted by Crippen LogP contribution is 2.25. The minimum absolute atomic E-state index is 0.0223. The Morgan fingerprint density at radius 3 is 2.56 bits per heavy atom. The highest BCUT2D eigenvalue weighted by atomic mass is 35.5. The molecule has 0 radical (unpaired) electrons. The lowest BCUT2D eigenvalue weighted by molar-refractivity contribution is -0.125. The summed E-state index contributed by atoms with van der Waals surface area (Å²) in [5.41, 5.74) is 1.91. The molecule has 4 rings (SSSR count). The number of aryl methyl sites for hydroxylation is 1. The van der Waals surface area contributed by atoms with Crippen molar-refractivity contribution in [3.05, 3.63) is 88.7 Å². The number of nitrogens with zero attached hydrogens (tertiary/aromatic N) is 6. The Morgan fingerprint density at radius 1 is 1.11 bits per heavy atom. The van der Waals surface area contributed by atoms with E-state index in [2.05, 4.69) is 31.3 Å². The molecule has 0 bridgehead atoms. The van der Waals surface area contributed by atoms with Gasteiger partial charge in [-0.1, -0.05) is 23.7 Å². The number of nitrogens with one attached hydrogen (secondary N) is 2. The molecule has 15 heteroatoms. The second-order valence-corrected chi connectivity index (χ2v) is 10.3. The van der Waals surface area contributed by atoms with Crippen molar-refractivity contribution < 1.29 is 28.3 Å². The van der Waals surface area contributed by atoms with Gasteiger partial charge in [-0.05, 0) is 66.2 Å². The van der Waals surface area contributed by atoms with E-state index in [4.69, 9.17) is 16.3 Å². The van der Waals surface area contributed by atoms with Gasteiger partial charge in [-0.3, -0.25) is 24.4 Å². The first kappa shape index (κ1) is 32.7. The number of anilines is 1. The van der Waals surface area contributed by atoms with Gasteiger partial charge in [-0.15, -0.1) is 5.10 Å². The normalized spacial score (nSPS) is 11.7. The van der Waals surface area contributed by atoms with Crippen molar-refractivity contribution in [1.29, 1.82) is 0 Å². The molecule has 0 aliphatic rings. The average molecular weight is 637 g/mol. The van der Waals surface area contributed by atoms with Crippen LogP contribution < -0.4 is 10.6 Å². The van der Waals surface area contributed by atoms with Gasteiger partial charge in [0.25, 0.3) is 0 Å². The second kappa shape index (κ2) is 15.5. The van der Waals surface area contributed by atoms with Crippen molar-refractivity contribution in [3.63, 3.8) is 0 Å². The number of aromatic nitrogens is 6. The number of benzene rings is 2. The van der Waals surface area contributed by atoms with E-state index in [1.807, 2.05) is 6.92 Å². The van der Waals surface area contributed by atoms with Crippen LogP contribution in [0.15, 0.2) is 61.1 Å². The van der Waals surface area contributed by atoms with E-state index in [0.717, 1.165) is 6.08 Å². The van der Waals surface area contributed by atoms with E-state index in [1.54, 1.807) is 41.2 Å². The second-order valence-electron chi connectivity index (χ2n) is 9.86. The summed E-state index contributed by atoms with van der Waals surface area (Å²) in [6.07, 6.45) is 4.90. The smallest absolute Gasteiger partial charge is 0.411 e. The largest absolute Gasteiger partial charge is 0.449 e. The predicted molar refractivity (Wildman–Crippen MR) is 162 cm³/mol. The summed E-state index contributed by atoms with van der Waals surface area (Å²) in [4.78, 5) is 49.4. The zero-order valence-electron chi connectivity index (χ0n) is 24.4. The van der Waals surface area contributed by atoms with Crippen LogP contribution in [0.2, 0.25) is 5.02 Å². The van der Waals surface area contributed by atoms with Crippen molar-refractivity contribution in [2.24, 2.45) is 0 Å². The molecule has 0 fully saturated rings. The molecule has 45 heavy (non-hydrogen) atoms. The highest BCUT2D eigenvalue weighted by Gasteiger charge is 2.22. The Bertz CT molecular complexity index is 1690. The Balaban J connectivity index is 1.46. The maximum absolute atomic E-state index is 14.9. The van der Waals surface area contributed by atoms with Crippen molar-refractivity contribution in [2.75, 3.05) is 11.9 Å². The average Bonchev–Trinajstić information content (AvgIpc) is 3.71. The molecule has 0 unspecified atom stereocenters. The van der Waals surface area contributed by atoms with E-state index in [1.165, 1.54) is 36.1 Å². The summed E-state index contributed by atoms with van der Waals surface area (Å²) in [6.45, 7) is 3.94. The SMILES string of the molecule is CCn1ccc(C[C@H](NC(=O)/C=C/c2c(-n3cnnn3)ccc(Cl)c2F)C(=O)Cc2ccc(NC(=O)OCCC(C)=O)cc2)n1. The van der Waals surface area contributed by atoms with Gasteiger partial charge in [-0.25, -0.2) is 9.18 Å². The maximum Gasteiger partial charge on any atom is 0.411 e. The molecule has 2 amide bonds. The number of ether oxygens (including phenoxy) is 1. The molecule has 2 aromatic heterocycles. The summed E-state index contributed by atoms with van der Waals surface area (Å²) in [5, 5.41) is 20.4. The standard InChI is InChI=1S/C30H30ClFN8O5/c1-3-39-14-12-22(36-39)17-25(27(42)16-20-4-6-21(7-5-20)34-30(44)45-15-13-19(2)41)35-28(43)11-8-23-26(40-18-33-37-38-40)10-9-24(31)29(23)32/h4-12,14,18,25H,3,13,15-17H2,1-2H3,(H,34,44)(H,35,43)/b11-8+/t25-/m0/s1. The van der Waals surface area contributed by atoms with Gasteiger partial charge in [0.2, 0.25) is 5.91 Å². The number of halogens is 2. The van der Waals surface area contributed by atoms with Crippen LogP contribution in [-0.2, 0) is 38.5 Å². The van der Waals surface area contributed by atoms with Crippen LogP contribution in [0.5, 0.6) is 0 Å². The Labute approximate surface area is 262 Å². The number of amides is 2. The molecule has 0 spiro atoms. The summed E-state index contributed by atoms with van der Waals surface area (Å²) >= 11 is 5.97. The molecule has 13 nitrogen and oxygen atoms in total. The zero-order valence-corrected chi connectivity index (χ0v) is 25.2. The topological polar surface area (TPSA) is 163 Å². The molecule has 1 atom stereocenters. The van der Waals surface area contributed by atoms with Crippen LogP contribution in [0.1, 0.15) is 37.1 Å². The Morgan fingerprint density at radius 2 is 1.89 bits per heavy atom. The Hall–Kier alpha value is -5.24. The molecular weight excluding hydrogens is 607 g/mol. The van der Waals surface area contributed by atoms with Gasteiger partial charge in [-0.2, -0.15) is 9.78 Å².